The van der Waals surface area contributed by atoms with Crippen molar-refractivity contribution in [3.8, 4) is 0 Å². The SMILES string of the molecule is Cc1cc(C(=O)O)cnc1N1CCC(N2CCCC2)C1. The highest BCUT2D eigenvalue weighted by Crippen LogP contribution is 2.26. The van der Waals surface area contributed by atoms with Crippen molar-refractivity contribution in [3.63, 3.8) is 0 Å². The summed E-state index contributed by atoms with van der Waals surface area (Å²) >= 11 is 0. The predicted octanol–water partition coefficient (Wildman–Crippen LogP) is 1.76. The van der Waals surface area contributed by atoms with Crippen molar-refractivity contribution >= 4 is 11.8 Å². The topological polar surface area (TPSA) is 56.7 Å². The molecule has 1 unspecified atom stereocenters. The van der Waals surface area contributed by atoms with E-state index in [1.54, 1.807) is 6.07 Å². The Balaban J connectivity index is 1.72. The number of rotatable bonds is 3. The largest absolute Gasteiger partial charge is 0.478 e. The number of carboxylic acids is 1. The van der Waals surface area contributed by atoms with Gasteiger partial charge in [-0.3, -0.25) is 4.90 Å². The maximum atomic E-state index is 11.0. The van der Waals surface area contributed by atoms with Crippen LogP contribution in [0.15, 0.2) is 12.3 Å². The predicted molar refractivity (Wildman–Crippen MR) is 77.4 cm³/mol. The van der Waals surface area contributed by atoms with E-state index in [4.69, 9.17) is 5.11 Å². The molecule has 5 heteroatoms. The lowest BCUT2D eigenvalue weighted by Gasteiger charge is -2.24. The quantitative estimate of drug-likeness (QED) is 0.911. The van der Waals surface area contributed by atoms with Gasteiger partial charge in [0.25, 0.3) is 0 Å². The molecule has 3 heterocycles. The maximum Gasteiger partial charge on any atom is 0.337 e. The van der Waals surface area contributed by atoms with E-state index in [9.17, 15) is 4.79 Å². The summed E-state index contributed by atoms with van der Waals surface area (Å²) in [5.74, 6) is 0.0280. The summed E-state index contributed by atoms with van der Waals surface area (Å²) in [6.07, 6.45) is 5.29. The highest BCUT2D eigenvalue weighted by molar-refractivity contribution is 5.87. The Morgan fingerprint density at radius 2 is 2.10 bits per heavy atom. The van der Waals surface area contributed by atoms with Crippen LogP contribution in [0.5, 0.6) is 0 Å². The number of aryl methyl sites for hydroxylation is 1. The lowest BCUT2D eigenvalue weighted by atomic mass is 10.2. The van der Waals surface area contributed by atoms with Gasteiger partial charge in [-0.15, -0.1) is 0 Å². The smallest absolute Gasteiger partial charge is 0.337 e. The molecule has 5 nitrogen and oxygen atoms in total. The second kappa shape index (κ2) is 5.40. The molecule has 2 saturated heterocycles. The molecule has 3 rings (SSSR count). The van der Waals surface area contributed by atoms with E-state index >= 15 is 0 Å². The van der Waals surface area contributed by atoms with E-state index in [0.29, 0.717) is 6.04 Å². The van der Waals surface area contributed by atoms with Crippen molar-refractivity contribution < 1.29 is 9.90 Å². The molecule has 2 fully saturated rings. The van der Waals surface area contributed by atoms with Crippen LogP contribution in [0.4, 0.5) is 5.82 Å². The van der Waals surface area contributed by atoms with Crippen LogP contribution in [0.3, 0.4) is 0 Å². The summed E-state index contributed by atoms with van der Waals surface area (Å²) < 4.78 is 0. The summed E-state index contributed by atoms with van der Waals surface area (Å²) in [5.41, 5.74) is 1.22. The fourth-order valence-electron chi connectivity index (χ4n) is 3.35. The van der Waals surface area contributed by atoms with E-state index < -0.39 is 5.97 Å². The summed E-state index contributed by atoms with van der Waals surface area (Å²) in [6.45, 7) is 6.42. The molecule has 0 radical (unpaired) electrons. The second-order valence-corrected chi connectivity index (χ2v) is 5.80. The van der Waals surface area contributed by atoms with Crippen molar-refractivity contribution in [1.82, 2.24) is 9.88 Å². The van der Waals surface area contributed by atoms with Gasteiger partial charge in [0, 0.05) is 25.3 Å². The van der Waals surface area contributed by atoms with Crippen LogP contribution < -0.4 is 4.90 Å². The molecular weight excluding hydrogens is 254 g/mol. The van der Waals surface area contributed by atoms with Gasteiger partial charge in [-0.2, -0.15) is 0 Å². The van der Waals surface area contributed by atoms with Gasteiger partial charge in [0.05, 0.1) is 5.56 Å². The minimum absolute atomic E-state index is 0.265. The average Bonchev–Trinajstić information content (AvgIpc) is 3.09. The highest BCUT2D eigenvalue weighted by Gasteiger charge is 2.30. The molecule has 0 aromatic carbocycles. The van der Waals surface area contributed by atoms with E-state index in [0.717, 1.165) is 24.5 Å². The van der Waals surface area contributed by atoms with Crippen LogP contribution >= 0.6 is 0 Å². The summed E-state index contributed by atoms with van der Waals surface area (Å²) in [7, 11) is 0. The Labute approximate surface area is 119 Å². The minimum Gasteiger partial charge on any atom is -0.478 e. The van der Waals surface area contributed by atoms with E-state index in [1.807, 2.05) is 6.92 Å². The minimum atomic E-state index is -0.913. The highest BCUT2D eigenvalue weighted by atomic mass is 16.4. The van der Waals surface area contributed by atoms with E-state index in [2.05, 4.69) is 14.8 Å². The normalized spacial score (nSPS) is 23.4. The molecule has 1 aromatic heterocycles. The molecule has 2 aliphatic rings. The molecule has 108 valence electrons. The van der Waals surface area contributed by atoms with Gasteiger partial charge in [-0.05, 0) is 50.9 Å². The van der Waals surface area contributed by atoms with Gasteiger partial charge in [0.15, 0.2) is 0 Å². The number of pyridine rings is 1. The van der Waals surface area contributed by atoms with Gasteiger partial charge in [0.2, 0.25) is 0 Å². The first-order chi connectivity index (χ1) is 9.65. The van der Waals surface area contributed by atoms with Gasteiger partial charge in [-0.25, -0.2) is 9.78 Å². The van der Waals surface area contributed by atoms with Crippen LogP contribution in [0, 0.1) is 6.92 Å². The third kappa shape index (κ3) is 2.50. The first-order valence-electron chi connectivity index (χ1n) is 7.34. The fraction of sp³-hybridized carbons (Fsp3) is 0.600. The number of anilines is 1. The maximum absolute atomic E-state index is 11.0. The second-order valence-electron chi connectivity index (χ2n) is 5.80. The van der Waals surface area contributed by atoms with Gasteiger partial charge in [0.1, 0.15) is 5.82 Å². The fourth-order valence-corrected chi connectivity index (χ4v) is 3.35. The Morgan fingerprint density at radius 3 is 2.75 bits per heavy atom. The number of hydrogen-bond donors (Lipinski definition) is 1. The Kier molecular flexibility index (Phi) is 3.61. The number of likely N-dealkylation sites (tertiary alicyclic amines) is 1. The van der Waals surface area contributed by atoms with Crippen molar-refractivity contribution in [3.05, 3.63) is 23.4 Å². The molecule has 0 aliphatic carbocycles. The van der Waals surface area contributed by atoms with Crippen molar-refractivity contribution in [2.75, 3.05) is 31.1 Å². The van der Waals surface area contributed by atoms with Gasteiger partial charge < -0.3 is 10.0 Å². The Hall–Kier alpha value is -1.62. The molecule has 0 amide bonds. The van der Waals surface area contributed by atoms with Gasteiger partial charge >= 0.3 is 5.97 Å². The van der Waals surface area contributed by atoms with Crippen LogP contribution in [-0.4, -0.2) is 53.2 Å². The van der Waals surface area contributed by atoms with E-state index in [1.165, 1.54) is 38.5 Å². The molecule has 2 aliphatic heterocycles. The number of carboxylic acid groups (broad SMARTS) is 1. The third-order valence-electron chi connectivity index (χ3n) is 4.42. The average molecular weight is 275 g/mol. The first-order valence-corrected chi connectivity index (χ1v) is 7.34. The molecule has 0 bridgehead atoms. The van der Waals surface area contributed by atoms with Crippen molar-refractivity contribution in [2.24, 2.45) is 0 Å². The summed E-state index contributed by atoms with van der Waals surface area (Å²) in [6, 6.07) is 2.35. The number of hydrogen-bond acceptors (Lipinski definition) is 4. The van der Waals surface area contributed by atoms with Crippen LogP contribution in [0.25, 0.3) is 0 Å². The lowest BCUT2D eigenvalue weighted by molar-refractivity contribution is 0.0696. The number of carbonyl (C=O) groups is 1. The van der Waals surface area contributed by atoms with E-state index in [-0.39, 0.29) is 5.56 Å². The molecule has 0 saturated carbocycles. The number of aromatic nitrogens is 1. The zero-order valence-corrected chi connectivity index (χ0v) is 11.9. The van der Waals surface area contributed by atoms with Crippen molar-refractivity contribution in [2.45, 2.75) is 32.2 Å². The molecule has 0 spiro atoms. The standard InChI is InChI=1S/C15H21N3O2/c1-11-8-12(15(19)20)9-16-14(11)18-7-4-13(10-18)17-5-2-3-6-17/h8-9,13H,2-7,10H2,1H3,(H,19,20). The van der Waals surface area contributed by atoms with Crippen molar-refractivity contribution in [1.29, 1.82) is 0 Å². The number of aromatic carboxylic acids is 1. The molecule has 1 N–H and O–H groups in total. The molecular formula is C15H21N3O2. The molecule has 1 atom stereocenters. The summed E-state index contributed by atoms with van der Waals surface area (Å²) in [4.78, 5) is 20.2. The molecule has 1 aromatic rings. The molecule has 20 heavy (non-hydrogen) atoms. The van der Waals surface area contributed by atoms with Crippen LogP contribution in [-0.2, 0) is 0 Å². The monoisotopic (exact) mass is 275 g/mol. The zero-order valence-electron chi connectivity index (χ0n) is 11.9. The zero-order chi connectivity index (χ0) is 14.1. The third-order valence-corrected chi connectivity index (χ3v) is 4.42. The lowest BCUT2D eigenvalue weighted by Crippen LogP contribution is -2.35. The Bertz CT molecular complexity index is 512. The Morgan fingerprint density at radius 1 is 1.35 bits per heavy atom. The van der Waals surface area contributed by atoms with Crippen LogP contribution in [0.2, 0.25) is 0 Å². The van der Waals surface area contributed by atoms with Crippen LogP contribution in [0.1, 0.15) is 35.2 Å². The number of nitrogens with zero attached hydrogens (tertiary/aromatic N) is 3. The van der Waals surface area contributed by atoms with Gasteiger partial charge in [-0.1, -0.05) is 0 Å². The summed E-state index contributed by atoms with van der Waals surface area (Å²) in [5, 5.41) is 8.99. The first kappa shape index (κ1) is 13.4.